The van der Waals surface area contributed by atoms with Crippen molar-refractivity contribution >= 4 is 7.14 Å². The van der Waals surface area contributed by atoms with E-state index in [0.29, 0.717) is 11.3 Å². The molecule has 0 saturated heterocycles. The van der Waals surface area contributed by atoms with Gasteiger partial charge in [-0.2, -0.15) is 0 Å². The quantitative estimate of drug-likeness (QED) is 0.726. The summed E-state index contributed by atoms with van der Waals surface area (Å²) >= 11 is 0. The molecule has 2 fully saturated rings. The minimum atomic E-state index is -2.09. The van der Waals surface area contributed by atoms with E-state index in [1.54, 1.807) is 0 Å². The third-order valence-electron chi connectivity index (χ3n) is 5.47. The summed E-state index contributed by atoms with van der Waals surface area (Å²) in [6, 6.07) is 4.17. The normalized spacial score (nSPS) is 23.0. The first-order valence-corrected chi connectivity index (χ1v) is 10.5. The van der Waals surface area contributed by atoms with Gasteiger partial charge >= 0.3 is 0 Å². The van der Waals surface area contributed by atoms with Crippen molar-refractivity contribution in [2.24, 2.45) is 0 Å². The summed E-state index contributed by atoms with van der Waals surface area (Å²) in [5.41, 5.74) is 2.23. The van der Waals surface area contributed by atoms with E-state index in [0.717, 1.165) is 6.16 Å². The molecule has 0 bridgehead atoms. The zero-order valence-corrected chi connectivity index (χ0v) is 13.4. The van der Waals surface area contributed by atoms with Gasteiger partial charge in [0.25, 0.3) is 0 Å². The first-order chi connectivity index (χ1) is 9.79. The maximum Gasteiger partial charge on any atom is 0.0992 e. The Morgan fingerprint density at radius 3 is 1.95 bits per heavy atom. The van der Waals surface area contributed by atoms with Crippen LogP contribution in [0.25, 0.3) is 0 Å². The average molecular weight is 293 g/mol. The lowest BCUT2D eigenvalue weighted by atomic mass is 9.99. The number of aromatic nitrogens is 1. The molecule has 3 rings (SSSR count). The number of H-pyrrole nitrogens is 1. The van der Waals surface area contributed by atoms with Gasteiger partial charge in [-0.25, -0.2) is 0 Å². The number of hydrogen-bond acceptors (Lipinski definition) is 1. The highest BCUT2D eigenvalue weighted by molar-refractivity contribution is 7.64. The van der Waals surface area contributed by atoms with Crippen LogP contribution in [0.3, 0.4) is 0 Å². The Labute approximate surface area is 123 Å². The van der Waals surface area contributed by atoms with Crippen molar-refractivity contribution in [2.45, 2.75) is 81.7 Å². The molecule has 2 saturated carbocycles. The Morgan fingerprint density at radius 1 is 0.950 bits per heavy atom. The second-order valence-electron chi connectivity index (χ2n) is 6.79. The highest BCUT2D eigenvalue weighted by Gasteiger charge is 2.41. The summed E-state index contributed by atoms with van der Waals surface area (Å²) in [6.07, 6.45) is 15.6. The minimum Gasteiger partial charge on any atom is -0.365 e. The van der Waals surface area contributed by atoms with Crippen molar-refractivity contribution in [1.82, 2.24) is 4.98 Å². The van der Waals surface area contributed by atoms with Crippen molar-refractivity contribution in [2.75, 3.05) is 0 Å². The molecule has 0 unspecified atom stereocenters. The molecule has 20 heavy (non-hydrogen) atoms. The zero-order chi connectivity index (χ0) is 13.8. The van der Waals surface area contributed by atoms with Gasteiger partial charge < -0.3 is 9.55 Å². The molecule has 2 aliphatic rings. The highest BCUT2D eigenvalue weighted by Crippen LogP contribution is 2.64. The first kappa shape index (κ1) is 14.4. The van der Waals surface area contributed by atoms with Gasteiger partial charge in [-0.15, -0.1) is 0 Å². The van der Waals surface area contributed by atoms with Crippen LogP contribution in [0.2, 0.25) is 0 Å². The van der Waals surface area contributed by atoms with Crippen molar-refractivity contribution in [3.63, 3.8) is 0 Å². The molecule has 112 valence electrons. The number of aromatic amines is 1. The van der Waals surface area contributed by atoms with Gasteiger partial charge in [-0.1, -0.05) is 38.5 Å². The molecule has 0 aliphatic heterocycles. The topological polar surface area (TPSA) is 32.9 Å². The van der Waals surface area contributed by atoms with Crippen LogP contribution in [0.4, 0.5) is 0 Å². The summed E-state index contributed by atoms with van der Waals surface area (Å²) < 4.78 is 14.0. The molecular formula is C17H28NOP. The van der Waals surface area contributed by atoms with Crippen molar-refractivity contribution < 1.29 is 4.57 Å². The highest BCUT2D eigenvalue weighted by atomic mass is 31.2. The summed E-state index contributed by atoms with van der Waals surface area (Å²) in [5, 5.41) is 0. The van der Waals surface area contributed by atoms with Crippen molar-refractivity contribution in [3.05, 3.63) is 24.0 Å². The van der Waals surface area contributed by atoms with Crippen LogP contribution >= 0.6 is 7.14 Å². The molecule has 0 spiro atoms. The predicted octanol–water partition coefficient (Wildman–Crippen LogP) is 5.54. The largest absolute Gasteiger partial charge is 0.365 e. The van der Waals surface area contributed by atoms with Gasteiger partial charge in [0.05, 0.1) is 7.14 Å². The molecule has 0 aromatic carbocycles. The molecule has 1 aromatic rings. The van der Waals surface area contributed by atoms with Crippen LogP contribution in [0.15, 0.2) is 18.3 Å². The molecular weight excluding hydrogens is 265 g/mol. The lowest BCUT2D eigenvalue weighted by Gasteiger charge is -2.38. The van der Waals surface area contributed by atoms with Crippen LogP contribution in [-0.4, -0.2) is 16.3 Å². The Morgan fingerprint density at radius 2 is 1.50 bits per heavy atom. The predicted molar refractivity (Wildman–Crippen MR) is 85.8 cm³/mol. The standard InChI is InChI=1S/C17H28NOP/c19-20(14-15-8-7-13-18-15,16-9-3-1-4-10-16)17-11-5-2-6-12-17/h7-8,13,16-18H,1-6,9-12,14H2. The van der Waals surface area contributed by atoms with Crippen LogP contribution in [0.5, 0.6) is 0 Å². The Balaban J connectivity index is 1.82. The summed E-state index contributed by atoms with van der Waals surface area (Å²) in [7, 11) is -2.09. The van der Waals surface area contributed by atoms with Gasteiger partial charge in [-0.05, 0) is 37.8 Å². The zero-order valence-electron chi connectivity index (χ0n) is 12.5. The number of hydrogen-bond donors (Lipinski definition) is 1. The fraction of sp³-hybridized carbons (Fsp3) is 0.765. The minimum absolute atomic E-state index is 0.516. The van der Waals surface area contributed by atoms with Gasteiger partial charge in [0.15, 0.2) is 0 Å². The van der Waals surface area contributed by atoms with Gasteiger partial charge in [-0.3, -0.25) is 0 Å². The van der Waals surface area contributed by atoms with Crippen LogP contribution in [0.1, 0.15) is 69.9 Å². The summed E-state index contributed by atoms with van der Waals surface area (Å²) in [6.45, 7) is 0. The summed E-state index contributed by atoms with van der Waals surface area (Å²) in [5.74, 6) is 0. The molecule has 3 heteroatoms. The number of rotatable bonds is 4. The van der Waals surface area contributed by atoms with Gasteiger partial charge in [0, 0.05) is 29.4 Å². The van der Waals surface area contributed by atoms with Crippen LogP contribution in [-0.2, 0) is 10.7 Å². The molecule has 0 radical (unpaired) electrons. The maximum atomic E-state index is 14.0. The van der Waals surface area contributed by atoms with E-state index in [9.17, 15) is 4.57 Å². The van der Waals surface area contributed by atoms with E-state index in [4.69, 9.17) is 0 Å². The SMILES string of the molecule is O=P(Cc1ccc[nH]1)(C1CCCCC1)C1CCCCC1. The molecule has 1 N–H and O–H groups in total. The second-order valence-corrected chi connectivity index (χ2v) is 10.3. The maximum absolute atomic E-state index is 14.0. The van der Waals surface area contributed by atoms with Crippen LogP contribution < -0.4 is 0 Å². The number of nitrogens with one attached hydrogen (secondary N) is 1. The molecule has 0 atom stereocenters. The average Bonchev–Trinajstić information content (AvgIpc) is 3.02. The molecule has 2 aliphatic carbocycles. The van der Waals surface area contributed by atoms with Crippen molar-refractivity contribution in [3.8, 4) is 0 Å². The molecule has 0 amide bonds. The van der Waals surface area contributed by atoms with E-state index in [1.807, 2.05) is 12.3 Å². The third kappa shape index (κ3) is 3.06. The van der Waals surface area contributed by atoms with Gasteiger partial charge in [0.1, 0.15) is 0 Å². The first-order valence-electron chi connectivity index (χ1n) is 8.50. The van der Waals surface area contributed by atoms with Crippen LogP contribution in [0, 0.1) is 0 Å². The fourth-order valence-electron chi connectivity index (χ4n) is 4.32. The Kier molecular flexibility index (Phi) is 4.71. The van der Waals surface area contributed by atoms with E-state index in [-0.39, 0.29) is 0 Å². The fourth-order valence-corrected chi connectivity index (χ4v) is 8.65. The van der Waals surface area contributed by atoms with Crippen molar-refractivity contribution in [1.29, 1.82) is 0 Å². The Bertz CT molecular complexity index is 420. The third-order valence-corrected chi connectivity index (χ3v) is 9.81. The van der Waals surface area contributed by atoms with E-state index >= 15 is 0 Å². The van der Waals surface area contributed by atoms with E-state index < -0.39 is 7.14 Å². The molecule has 1 aromatic heterocycles. The molecule has 2 nitrogen and oxygen atoms in total. The van der Waals surface area contributed by atoms with E-state index in [1.165, 1.54) is 69.9 Å². The lowest BCUT2D eigenvalue weighted by Crippen LogP contribution is -2.24. The molecule has 1 heterocycles. The summed E-state index contributed by atoms with van der Waals surface area (Å²) in [4.78, 5) is 3.30. The lowest BCUT2D eigenvalue weighted by molar-refractivity contribution is 0.446. The Hall–Kier alpha value is -0.490. The van der Waals surface area contributed by atoms with Gasteiger partial charge in [0.2, 0.25) is 0 Å². The smallest absolute Gasteiger partial charge is 0.0992 e. The second kappa shape index (κ2) is 6.52. The van der Waals surface area contributed by atoms with E-state index in [2.05, 4.69) is 11.1 Å². The monoisotopic (exact) mass is 293 g/mol.